The molecule has 5 heteroatoms. The molecule has 0 saturated heterocycles. The maximum atomic E-state index is 8.20. The standard InChI is InChI=1S/C50H29N5/c1-51-33-28-32(29-35(30-33)54-47-24-12-7-18-41(47)50-42(52-2)19-13-25-48(50)54)36-14-3-8-20-43(36)55-46-23-11-6-17-39(46)40-27-26-34(31-49(40)55)53-44-21-9-4-15-37(44)38-16-5-10-22-45(38)53/h3-31H. The van der Waals surface area contributed by atoms with Gasteiger partial charge in [-0.3, -0.25) is 0 Å². The summed E-state index contributed by atoms with van der Waals surface area (Å²) in [5, 5.41) is 6.75. The molecular weight excluding hydrogens is 671 g/mol. The highest BCUT2D eigenvalue weighted by Crippen LogP contribution is 2.42. The van der Waals surface area contributed by atoms with E-state index >= 15 is 0 Å². The summed E-state index contributed by atoms with van der Waals surface area (Å²) in [6.45, 7) is 16.1. The molecule has 5 nitrogen and oxygen atoms in total. The van der Waals surface area contributed by atoms with E-state index in [4.69, 9.17) is 13.1 Å². The van der Waals surface area contributed by atoms with Crippen molar-refractivity contribution in [2.75, 3.05) is 0 Å². The first-order valence-corrected chi connectivity index (χ1v) is 18.3. The number of aromatic nitrogens is 3. The molecule has 0 unspecified atom stereocenters. The molecule has 0 bridgehead atoms. The maximum absolute atomic E-state index is 8.20. The fourth-order valence-corrected chi connectivity index (χ4v) is 8.79. The lowest BCUT2D eigenvalue weighted by atomic mass is 10.0. The Hall–Kier alpha value is -7.86. The van der Waals surface area contributed by atoms with Gasteiger partial charge in [0, 0.05) is 49.4 Å². The SMILES string of the molecule is [C-]#[N+]c1cc(-c2ccccc2-n2c3ccccc3c3ccc(-n4c5ccccc5c5ccccc54)cc32)cc(-n2c3ccccc3c3c([N+]#[C-])cccc32)c1. The van der Waals surface area contributed by atoms with Gasteiger partial charge in [0.05, 0.1) is 46.4 Å². The predicted molar refractivity (Wildman–Crippen MR) is 227 cm³/mol. The molecule has 0 radical (unpaired) electrons. The van der Waals surface area contributed by atoms with E-state index in [0.717, 1.165) is 61.0 Å². The highest BCUT2D eigenvalue weighted by molar-refractivity contribution is 6.16. The van der Waals surface area contributed by atoms with Crippen LogP contribution in [0.1, 0.15) is 0 Å². The summed E-state index contributed by atoms with van der Waals surface area (Å²) in [6.07, 6.45) is 0. The highest BCUT2D eigenvalue weighted by Gasteiger charge is 2.20. The van der Waals surface area contributed by atoms with Crippen LogP contribution in [0.5, 0.6) is 0 Å². The maximum Gasteiger partial charge on any atom is 0.197 e. The molecule has 0 aliphatic carbocycles. The van der Waals surface area contributed by atoms with Crippen LogP contribution in [0.15, 0.2) is 176 Å². The Balaban J connectivity index is 1.18. The zero-order chi connectivity index (χ0) is 36.6. The summed E-state index contributed by atoms with van der Waals surface area (Å²) >= 11 is 0. The van der Waals surface area contributed by atoms with Crippen LogP contribution >= 0.6 is 0 Å². The van der Waals surface area contributed by atoms with Gasteiger partial charge in [0.2, 0.25) is 0 Å². The van der Waals surface area contributed by atoms with E-state index in [2.05, 4.69) is 163 Å². The van der Waals surface area contributed by atoms with Gasteiger partial charge in [0.1, 0.15) is 0 Å². The minimum absolute atomic E-state index is 0.547. The van der Waals surface area contributed by atoms with Crippen LogP contribution in [0, 0.1) is 13.1 Å². The summed E-state index contributed by atoms with van der Waals surface area (Å²) in [6, 6.07) is 61.4. The average Bonchev–Trinajstić information content (AvgIpc) is 3.89. The average molecular weight is 700 g/mol. The first-order valence-electron chi connectivity index (χ1n) is 18.3. The minimum atomic E-state index is 0.547. The molecule has 55 heavy (non-hydrogen) atoms. The zero-order valence-electron chi connectivity index (χ0n) is 29.5. The Labute approximate surface area is 316 Å². The summed E-state index contributed by atoms with van der Waals surface area (Å²) < 4.78 is 6.94. The second-order valence-electron chi connectivity index (χ2n) is 13.9. The van der Waals surface area contributed by atoms with Gasteiger partial charge in [-0.15, -0.1) is 0 Å². The Bertz CT molecular complexity index is 3420. The molecule has 3 heterocycles. The fraction of sp³-hybridized carbons (Fsp3) is 0. The number of rotatable bonds is 4. The second-order valence-corrected chi connectivity index (χ2v) is 13.9. The quantitative estimate of drug-likeness (QED) is 0.163. The molecule has 0 aliphatic heterocycles. The zero-order valence-corrected chi connectivity index (χ0v) is 29.5. The van der Waals surface area contributed by atoms with Gasteiger partial charge in [-0.05, 0) is 77.7 Å². The third kappa shape index (κ3) is 4.45. The summed E-state index contributed by atoms with van der Waals surface area (Å²) in [4.78, 5) is 7.86. The van der Waals surface area contributed by atoms with E-state index in [9.17, 15) is 0 Å². The van der Waals surface area contributed by atoms with Crippen LogP contribution in [0.4, 0.5) is 11.4 Å². The van der Waals surface area contributed by atoms with Gasteiger partial charge in [0.15, 0.2) is 11.4 Å². The van der Waals surface area contributed by atoms with Crippen molar-refractivity contribution in [1.29, 1.82) is 0 Å². The fourth-order valence-electron chi connectivity index (χ4n) is 8.79. The Kier molecular flexibility index (Phi) is 6.61. The lowest BCUT2D eigenvalue weighted by Crippen LogP contribution is -1.99. The molecular formula is C50H29N5. The molecule has 11 rings (SSSR count). The lowest BCUT2D eigenvalue weighted by Gasteiger charge is -2.17. The first-order chi connectivity index (χ1) is 27.2. The van der Waals surface area contributed by atoms with Gasteiger partial charge < -0.3 is 13.7 Å². The van der Waals surface area contributed by atoms with Gasteiger partial charge in [-0.1, -0.05) is 109 Å². The Morgan fingerprint density at radius 2 is 0.909 bits per heavy atom. The normalized spacial score (nSPS) is 11.6. The summed E-state index contributed by atoms with van der Waals surface area (Å²) in [7, 11) is 0. The van der Waals surface area contributed by atoms with E-state index in [1.165, 1.54) is 32.6 Å². The van der Waals surface area contributed by atoms with Crippen LogP contribution in [0.25, 0.3) is 103 Å². The van der Waals surface area contributed by atoms with Crippen LogP contribution < -0.4 is 0 Å². The van der Waals surface area contributed by atoms with E-state index in [1.54, 1.807) is 0 Å². The van der Waals surface area contributed by atoms with Crippen molar-refractivity contribution in [2.24, 2.45) is 0 Å². The first kappa shape index (κ1) is 30.7. The molecule has 0 spiro atoms. The monoisotopic (exact) mass is 699 g/mol. The van der Waals surface area contributed by atoms with E-state index in [0.29, 0.717) is 11.4 Å². The third-order valence-electron chi connectivity index (χ3n) is 11.0. The van der Waals surface area contributed by atoms with Crippen molar-refractivity contribution in [2.45, 2.75) is 0 Å². The number of fused-ring (bicyclic) bond motifs is 9. The molecule has 8 aromatic carbocycles. The van der Waals surface area contributed by atoms with Crippen molar-refractivity contribution in [3.63, 3.8) is 0 Å². The molecule has 0 amide bonds. The van der Waals surface area contributed by atoms with Gasteiger partial charge in [-0.2, -0.15) is 0 Å². The van der Waals surface area contributed by atoms with E-state index in [1.807, 2.05) is 36.4 Å². The number of nitrogens with zero attached hydrogens (tertiary/aromatic N) is 5. The van der Waals surface area contributed by atoms with Crippen molar-refractivity contribution >= 4 is 76.8 Å². The molecule has 0 atom stereocenters. The number of benzene rings is 8. The molecule has 0 N–H and O–H groups in total. The third-order valence-corrected chi connectivity index (χ3v) is 11.0. The smallest absolute Gasteiger partial charge is 0.197 e. The van der Waals surface area contributed by atoms with Crippen molar-refractivity contribution in [3.8, 4) is 28.2 Å². The summed E-state index contributed by atoms with van der Waals surface area (Å²) in [5.74, 6) is 0. The lowest BCUT2D eigenvalue weighted by molar-refractivity contribution is 1.15. The molecule has 0 saturated carbocycles. The minimum Gasteiger partial charge on any atom is -0.312 e. The second kappa shape index (κ2) is 11.8. The molecule has 0 fully saturated rings. The van der Waals surface area contributed by atoms with E-state index in [-0.39, 0.29) is 0 Å². The van der Waals surface area contributed by atoms with Crippen molar-refractivity contribution in [1.82, 2.24) is 13.7 Å². The van der Waals surface area contributed by atoms with Crippen LogP contribution in [-0.2, 0) is 0 Å². The predicted octanol–water partition coefficient (Wildman–Crippen LogP) is 13.7. The molecule has 0 aliphatic rings. The van der Waals surface area contributed by atoms with Crippen molar-refractivity contribution in [3.05, 3.63) is 199 Å². The van der Waals surface area contributed by atoms with Crippen LogP contribution in [-0.4, -0.2) is 13.7 Å². The highest BCUT2D eigenvalue weighted by atomic mass is 15.0. The van der Waals surface area contributed by atoms with E-state index < -0.39 is 0 Å². The van der Waals surface area contributed by atoms with Crippen LogP contribution in [0.2, 0.25) is 0 Å². The number of hydrogen-bond acceptors (Lipinski definition) is 0. The molecule has 11 aromatic rings. The summed E-state index contributed by atoms with van der Waals surface area (Å²) in [5.41, 5.74) is 12.6. The Morgan fingerprint density at radius 1 is 0.364 bits per heavy atom. The van der Waals surface area contributed by atoms with Crippen LogP contribution in [0.3, 0.4) is 0 Å². The van der Waals surface area contributed by atoms with Crippen molar-refractivity contribution < 1.29 is 0 Å². The molecule has 254 valence electrons. The number of hydrogen-bond donors (Lipinski definition) is 0. The largest absolute Gasteiger partial charge is 0.312 e. The molecule has 3 aromatic heterocycles. The Morgan fingerprint density at radius 3 is 1.58 bits per heavy atom. The number of para-hydroxylation sites is 5. The van der Waals surface area contributed by atoms with Gasteiger partial charge in [0.25, 0.3) is 0 Å². The topological polar surface area (TPSA) is 23.5 Å². The van der Waals surface area contributed by atoms with Gasteiger partial charge >= 0.3 is 0 Å². The van der Waals surface area contributed by atoms with Gasteiger partial charge in [-0.25, -0.2) is 9.69 Å².